The average Bonchev–Trinajstić information content (AvgIpc) is 3.24. The van der Waals surface area contributed by atoms with E-state index in [2.05, 4.69) is 52.0 Å². The quantitative estimate of drug-likeness (QED) is 0.359. The van der Waals surface area contributed by atoms with Crippen LogP contribution in [0.3, 0.4) is 0 Å². The second kappa shape index (κ2) is 8.83. The van der Waals surface area contributed by atoms with Crippen LogP contribution in [0.1, 0.15) is 11.1 Å². The highest BCUT2D eigenvalue weighted by Crippen LogP contribution is 2.37. The second-order valence-corrected chi connectivity index (χ2v) is 8.33. The summed E-state index contributed by atoms with van der Waals surface area (Å²) in [6, 6.07) is 18.6. The van der Waals surface area contributed by atoms with Crippen molar-refractivity contribution in [2.45, 2.75) is 6.92 Å². The summed E-state index contributed by atoms with van der Waals surface area (Å²) >= 11 is 1.63. The molecular weight excluding hydrogens is 406 g/mol. The largest absolute Gasteiger partial charge is 0.378 e. The third-order valence-corrected chi connectivity index (χ3v) is 6.18. The second-order valence-electron chi connectivity index (χ2n) is 7.45. The molecule has 2 aromatic heterocycles. The van der Waals surface area contributed by atoms with Crippen LogP contribution in [-0.4, -0.2) is 42.5 Å². The van der Waals surface area contributed by atoms with Crippen molar-refractivity contribution in [1.29, 1.82) is 0 Å². The molecule has 0 unspecified atom stereocenters. The van der Waals surface area contributed by atoms with E-state index < -0.39 is 0 Å². The first-order chi connectivity index (χ1) is 15.3. The third kappa shape index (κ3) is 4.28. The molecule has 4 aromatic rings. The lowest BCUT2D eigenvalue weighted by Gasteiger charge is -2.27. The number of hydrazone groups is 1. The number of aryl methyl sites for hydroxylation is 1. The fourth-order valence-corrected chi connectivity index (χ4v) is 4.58. The fraction of sp³-hybridized carbons (Fsp3) is 0.208. The van der Waals surface area contributed by atoms with E-state index in [-0.39, 0.29) is 0 Å². The number of anilines is 2. The Balaban J connectivity index is 1.54. The maximum Gasteiger partial charge on any atom is 0.228 e. The molecule has 5 rings (SSSR count). The number of rotatable bonds is 5. The Bertz CT molecular complexity index is 1220. The van der Waals surface area contributed by atoms with E-state index in [1.54, 1.807) is 11.3 Å². The SMILES string of the molecule is Cc1cccc(C=NNc2nc(N3CCOCC3)nc3c(-c4ccccc4)csc23)c1. The number of hydrogen-bond acceptors (Lipinski definition) is 7. The number of thiophene rings is 1. The summed E-state index contributed by atoms with van der Waals surface area (Å²) in [5, 5.41) is 6.62. The molecule has 0 spiro atoms. The van der Waals surface area contributed by atoms with Crippen LogP contribution in [0.2, 0.25) is 0 Å². The summed E-state index contributed by atoms with van der Waals surface area (Å²) < 4.78 is 6.50. The van der Waals surface area contributed by atoms with Gasteiger partial charge in [0, 0.05) is 24.0 Å². The molecule has 0 amide bonds. The summed E-state index contributed by atoms with van der Waals surface area (Å²) in [7, 11) is 0. The summed E-state index contributed by atoms with van der Waals surface area (Å²) in [6.45, 7) is 5.00. The summed E-state index contributed by atoms with van der Waals surface area (Å²) in [6.07, 6.45) is 1.82. The number of fused-ring (bicyclic) bond motifs is 1. The van der Waals surface area contributed by atoms with E-state index in [1.807, 2.05) is 36.5 Å². The first-order valence-electron chi connectivity index (χ1n) is 10.3. The number of ether oxygens (including phenoxy) is 1. The van der Waals surface area contributed by atoms with Gasteiger partial charge in [0.1, 0.15) is 0 Å². The standard InChI is InChI=1S/C24H23N5OS/c1-17-6-5-7-18(14-17)15-25-28-23-22-21(20(16-31-22)19-8-3-2-4-9-19)26-24(27-23)29-10-12-30-13-11-29/h2-9,14-16H,10-13H2,1H3,(H,26,27,28). The zero-order chi connectivity index (χ0) is 21.0. The molecule has 31 heavy (non-hydrogen) atoms. The summed E-state index contributed by atoms with van der Waals surface area (Å²) in [5.41, 5.74) is 8.62. The van der Waals surface area contributed by atoms with Crippen molar-refractivity contribution < 1.29 is 4.74 Å². The van der Waals surface area contributed by atoms with Crippen LogP contribution in [0.4, 0.5) is 11.8 Å². The molecule has 6 nitrogen and oxygen atoms in total. The van der Waals surface area contributed by atoms with E-state index in [0.29, 0.717) is 19.2 Å². The number of hydrogen-bond donors (Lipinski definition) is 1. The van der Waals surface area contributed by atoms with Gasteiger partial charge in [0.15, 0.2) is 5.82 Å². The van der Waals surface area contributed by atoms with Crippen molar-refractivity contribution >= 4 is 39.5 Å². The molecule has 156 valence electrons. The highest BCUT2D eigenvalue weighted by molar-refractivity contribution is 7.18. The minimum atomic E-state index is 0.685. The summed E-state index contributed by atoms with van der Waals surface area (Å²) in [4.78, 5) is 11.9. The van der Waals surface area contributed by atoms with Crippen LogP contribution in [-0.2, 0) is 4.74 Å². The molecule has 1 saturated heterocycles. The van der Waals surface area contributed by atoms with E-state index in [4.69, 9.17) is 14.7 Å². The Morgan fingerprint density at radius 3 is 2.71 bits per heavy atom. The molecule has 1 aliphatic heterocycles. The molecule has 0 atom stereocenters. The Morgan fingerprint density at radius 2 is 1.90 bits per heavy atom. The minimum absolute atomic E-state index is 0.685. The molecular formula is C24H23N5OS. The number of morpholine rings is 1. The monoisotopic (exact) mass is 429 g/mol. The topological polar surface area (TPSA) is 62.6 Å². The zero-order valence-electron chi connectivity index (χ0n) is 17.3. The Kier molecular flexibility index (Phi) is 5.60. The Hall–Kier alpha value is -3.29. The van der Waals surface area contributed by atoms with Crippen LogP contribution >= 0.6 is 11.3 Å². The Labute approximate surface area is 185 Å². The first kappa shape index (κ1) is 19.7. The number of nitrogens with one attached hydrogen (secondary N) is 1. The van der Waals surface area contributed by atoms with Gasteiger partial charge in [-0.15, -0.1) is 11.3 Å². The lowest BCUT2D eigenvalue weighted by atomic mass is 10.1. The molecule has 2 aromatic carbocycles. The van der Waals surface area contributed by atoms with Gasteiger partial charge in [-0.25, -0.2) is 4.98 Å². The predicted molar refractivity (Wildman–Crippen MR) is 128 cm³/mol. The molecule has 3 heterocycles. The number of benzene rings is 2. The van der Waals surface area contributed by atoms with Crippen molar-refractivity contribution in [3.8, 4) is 11.1 Å². The molecule has 0 aliphatic carbocycles. The molecule has 1 N–H and O–H groups in total. The van der Waals surface area contributed by atoms with E-state index in [0.717, 1.165) is 45.8 Å². The Morgan fingerprint density at radius 1 is 1.06 bits per heavy atom. The van der Waals surface area contributed by atoms with Crippen LogP contribution in [0.5, 0.6) is 0 Å². The van der Waals surface area contributed by atoms with Gasteiger partial charge in [0.05, 0.1) is 29.6 Å². The molecule has 0 bridgehead atoms. The maximum atomic E-state index is 5.51. The normalized spacial score (nSPS) is 14.4. The van der Waals surface area contributed by atoms with Gasteiger partial charge in [-0.2, -0.15) is 10.1 Å². The molecule has 1 aliphatic rings. The van der Waals surface area contributed by atoms with Crippen molar-refractivity contribution in [2.24, 2.45) is 5.10 Å². The van der Waals surface area contributed by atoms with Gasteiger partial charge in [-0.3, -0.25) is 5.43 Å². The van der Waals surface area contributed by atoms with Gasteiger partial charge in [0.25, 0.3) is 0 Å². The van der Waals surface area contributed by atoms with Crippen molar-refractivity contribution in [3.63, 3.8) is 0 Å². The van der Waals surface area contributed by atoms with Crippen molar-refractivity contribution in [1.82, 2.24) is 9.97 Å². The molecule has 0 saturated carbocycles. The molecule has 1 fully saturated rings. The lowest BCUT2D eigenvalue weighted by Crippen LogP contribution is -2.37. The van der Waals surface area contributed by atoms with Crippen LogP contribution in [0, 0.1) is 6.92 Å². The summed E-state index contributed by atoms with van der Waals surface area (Å²) in [5.74, 6) is 1.43. The van der Waals surface area contributed by atoms with Crippen molar-refractivity contribution in [2.75, 3.05) is 36.6 Å². The van der Waals surface area contributed by atoms with Gasteiger partial charge >= 0.3 is 0 Å². The van der Waals surface area contributed by atoms with Gasteiger partial charge in [0.2, 0.25) is 5.95 Å². The molecule has 7 heteroatoms. The predicted octanol–water partition coefficient (Wildman–Crippen LogP) is 4.95. The lowest BCUT2D eigenvalue weighted by molar-refractivity contribution is 0.122. The van der Waals surface area contributed by atoms with Crippen LogP contribution in [0.15, 0.2) is 65.1 Å². The molecule has 0 radical (unpaired) electrons. The van der Waals surface area contributed by atoms with Crippen molar-refractivity contribution in [3.05, 3.63) is 71.1 Å². The van der Waals surface area contributed by atoms with Gasteiger partial charge < -0.3 is 9.64 Å². The third-order valence-electron chi connectivity index (χ3n) is 5.21. The first-order valence-corrected chi connectivity index (χ1v) is 11.2. The van der Waals surface area contributed by atoms with E-state index in [1.165, 1.54) is 5.56 Å². The average molecular weight is 430 g/mol. The minimum Gasteiger partial charge on any atom is -0.378 e. The smallest absolute Gasteiger partial charge is 0.228 e. The van der Waals surface area contributed by atoms with E-state index in [9.17, 15) is 0 Å². The number of nitrogens with zero attached hydrogens (tertiary/aromatic N) is 4. The van der Waals surface area contributed by atoms with Gasteiger partial charge in [-0.05, 0) is 18.1 Å². The zero-order valence-corrected chi connectivity index (χ0v) is 18.1. The highest BCUT2D eigenvalue weighted by Gasteiger charge is 2.19. The number of aromatic nitrogens is 2. The highest BCUT2D eigenvalue weighted by atomic mass is 32.1. The van der Waals surface area contributed by atoms with E-state index >= 15 is 0 Å². The van der Waals surface area contributed by atoms with Crippen LogP contribution < -0.4 is 10.3 Å². The van der Waals surface area contributed by atoms with Crippen LogP contribution in [0.25, 0.3) is 21.3 Å². The van der Waals surface area contributed by atoms with Gasteiger partial charge in [-0.1, -0.05) is 60.2 Å². The maximum absolute atomic E-state index is 5.51. The fourth-order valence-electron chi connectivity index (χ4n) is 3.63.